The molecule has 0 atom stereocenters. The van der Waals surface area contributed by atoms with Gasteiger partial charge in [-0.05, 0) is 24.6 Å². The molecule has 0 aliphatic carbocycles. The van der Waals surface area contributed by atoms with Crippen molar-refractivity contribution in [1.82, 2.24) is 9.55 Å². The molecule has 15 heavy (non-hydrogen) atoms. The first-order valence-electron chi connectivity index (χ1n) is 4.48. The lowest BCUT2D eigenvalue weighted by Gasteiger charge is -2.03. The minimum absolute atomic E-state index is 0.182. The third-order valence-corrected chi connectivity index (χ3v) is 2.26. The van der Waals surface area contributed by atoms with Gasteiger partial charge in [0.15, 0.2) is 0 Å². The summed E-state index contributed by atoms with van der Waals surface area (Å²) in [5, 5.41) is 0.434. The summed E-state index contributed by atoms with van der Waals surface area (Å²) in [6, 6.07) is 6.72. The fourth-order valence-corrected chi connectivity index (χ4v) is 1.40. The van der Waals surface area contributed by atoms with Gasteiger partial charge < -0.3 is 0 Å². The Balaban J connectivity index is 2.55. The van der Waals surface area contributed by atoms with Crippen molar-refractivity contribution >= 4 is 11.6 Å². The molecule has 0 aliphatic heterocycles. The van der Waals surface area contributed by atoms with E-state index in [0.29, 0.717) is 10.8 Å². The molecule has 0 radical (unpaired) electrons. The normalized spacial score (nSPS) is 10.3. The quantitative estimate of drug-likeness (QED) is 0.739. The van der Waals surface area contributed by atoms with E-state index in [1.807, 2.05) is 13.0 Å². The van der Waals surface area contributed by atoms with Crippen molar-refractivity contribution in [1.29, 1.82) is 0 Å². The van der Waals surface area contributed by atoms with Crippen LogP contribution >= 0.6 is 11.6 Å². The second-order valence-electron chi connectivity index (χ2n) is 3.25. The molecule has 0 N–H and O–H groups in total. The maximum Gasteiger partial charge on any atom is 0.257 e. The van der Waals surface area contributed by atoms with Crippen molar-refractivity contribution in [2.45, 2.75) is 6.92 Å². The Hall–Kier alpha value is -1.61. The highest BCUT2D eigenvalue weighted by Crippen LogP contribution is 2.06. The molecule has 2 aromatic heterocycles. The van der Waals surface area contributed by atoms with E-state index in [2.05, 4.69) is 4.98 Å². The Morgan fingerprint density at radius 2 is 2.13 bits per heavy atom. The fraction of sp³-hybridized carbons (Fsp3) is 0.0909. The lowest BCUT2D eigenvalue weighted by atomic mass is 10.3. The first-order valence-corrected chi connectivity index (χ1v) is 4.86. The zero-order chi connectivity index (χ0) is 10.8. The molecule has 0 spiro atoms. The summed E-state index contributed by atoms with van der Waals surface area (Å²) in [5.41, 5.74) is 0.875. The standard InChI is InChI=1S/C11H9ClN2O/c1-8-2-3-10(13-7-8)14-5-4-9(12)6-11(14)15/h2-7H,1H3. The Labute approximate surface area is 92.0 Å². The molecule has 76 valence electrons. The average Bonchev–Trinajstić information content (AvgIpc) is 2.20. The van der Waals surface area contributed by atoms with Gasteiger partial charge in [0.05, 0.1) is 0 Å². The predicted molar refractivity (Wildman–Crippen MR) is 59.6 cm³/mol. The van der Waals surface area contributed by atoms with Crippen molar-refractivity contribution in [3.63, 3.8) is 0 Å². The van der Waals surface area contributed by atoms with Gasteiger partial charge in [0.25, 0.3) is 5.56 Å². The number of nitrogens with zero attached hydrogens (tertiary/aromatic N) is 2. The molecule has 2 rings (SSSR count). The molecule has 0 saturated carbocycles. The van der Waals surface area contributed by atoms with Gasteiger partial charge in [0.1, 0.15) is 5.82 Å². The van der Waals surface area contributed by atoms with E-state index in [-0.39, 0.29) is 5.56 Å². The van der Waals surface area contributed by atoms with Crippen LogP contribution in [0.5, 0.6) is 0 Å². The second-order valence-corrected chi connectivity index (χ2v) is 3.68. The van der Waals surface area contributed by atoms with Crippen LogP contribution in [-0.4, -0.2) is 9.55 Å². The SMILES string of the molecule is Cc1ccc(-n2ccc(Cl)cc2=O)nc1. The van der Waals surface area contributed by atoms with E-state index in [0.717, 1.165) is 5.56 Å². The first kappa shape index (κ1) is 9.93. The van der Waals surface area contributed by atoms with Crippen molar-refractivity contribution in [3.05, 3.63) is 57.6 Å². The van der Waals surface area contributed by atoms with Crippen molar-refractivity contribution in [3.8, 4) is 5.82 Å². The number of pyridine rings is 2. The Kier molecular flexibility index (Phi) is 2.56. The molecule has 4 heteroatoms. The first-order chi connectivity index (χ1) is 7.16. The summed E-state index contributed by atoms with van der Waals surface area (Å²) in [6.45, 7) is 1.95. The maximum atomic E-state index is 11.6. The summed E-state index contributed by atoms with van der Waals surface area (Å²) >= 11 is 5.70. The second kappa shape index (κ2) is 3.87. The zero-order valence-electron chi connectivity index (χ0n) is 8.14. The molecule has 2 aromatic rings. The Bertz CT molecular complexity index is 531. The molecule has 2 heterocycles. The Morgan fingerprint density at radius 3 is 2.73 bits per heavy atom. The van der Waals surface area contributed by atoms with Crippen molar-refractivity contribution in [2.75, 3.05) is 0 Å². The molecule has 0 amide bonds. The number of aryl methyl sites for hydroxylation is 1. The van der Waals surface area contributed by atoms with Gasteiger partial charge >= 0.3 is 0 Å². The molecule has 0 fully saturated rings. The van der Waals surface area contributed by atoms with E-state index in [4.69, 9.17) is 11.6 Å². The summed E-state index contributed by atoms with van der Waals surface area (Å²) in [4.78, 5) is 15.7. The number of halogens is 1. The van der Waals surface area contributed by atoms with E-state index < -0.39 is 0 Å². The van der Waals surface area contributed by atoms with Crippen LogP contribution in [0.2, 0.25) is 5.02 Å². The van der Waals surface area contributed by atoms with Gasteiger partial charge in [-0.2, -0.15) is 0 Å². The number of hydrogen-bond donors (Lipinski definition) is 0. The molecular formula is C11H9ClN2O. The summed E-state index contributed by atoms with van der Waals surface area (Å²) in [5.74, 6) is 0.599. The van der Waals surface area contributed by atoms with Crippen molar-refractivity contribution < 1.29 is 0 Å². The third kappa shape index (κ3) is 2.07. The van der Waals surface area contributed by atoms with E-state index in [1.54, 1.807) is 24.5 Å². The number of rotatable bonds is 1. The van der Waals surface area contributed by atoms with Gasteiger partial charge in [-0.3, -0.25) is 9.36 Å². The van der Waals surface area contributed by atoms with E-state index in [9.17, 15) is 4.79 Å². The predicted octanol–water partition coefficient (Wildman–Crippen LogP) is 2.19. The largest absolute Gasteiger partial charge is 0.269 e. The summed E-state index contributed by atoms with van der Waals surface area (Å²) in [7, 11) is 0. The lowest BCUT2D eigenvalue weighted by molar-refractivity contribution is 0.938. The number of aromatic nitrogens is 2. The molecule has 0 unspecified atom stereocenters. The van der Waals surface area contributed by atoms with Crippen LogP contribution in [0.3, 0.4) is 0 Å². The van der Waals surface area contributed by atoms with Gasteiger partial charge in [-0.15, -0.1) is 0 Å². The minimum atomic E-state index is -0.182. The molecule has 0 saturated heterocycles. The highest BCUT2D eigenvalue weighted by atomic mass is 35.5. The average molecular weight is 221 g/mol. The monoisotopic (exact) mass is 220 g/mol. The molecule has 0 bridgehead atoms. The summed E-state index contributed by atoms with van der Waals surface area (Å²) < 4.78 is 1.45. The van der Waals surface area contributed by atoms with Crippen LogP contribution < -0.4 is 5.56 Å². The van der Waals surface area contributed by atoms with Gasteiger partial charge in [-0.1, -0.05) is 17.7 Å². The van der Waals surface area contributed by atoms with Crippen LogP contribution in [0.4, 0.5) is 0 Å². The minimum Gasteiger partial charge on any atom is -0.269 e. The van der Waals surface area contributed by atoms with E-state index in [1.165, 1.54) is 10.6 Å². The molecule has 0 aromatic carbocycles. The van der Waals surface area contributed by atoms with Gasteiger partial charge in [0.2, 0.25) is 0 Å². The molecule has 3 nitrogen and oxygen atoms in total. The van der Waals surface area contributed by atoms with Crippen LogP contribution in [0.1, 0.15) is 5.56 Å². The molecular weight excluding hydrogens is 212 g/mol. The smallest absolute Gasteiger partial charge is 0.257 e. The van der Waals surface area contributed by atoms with E-state index >= 15 is 0 Å². The summed E-state index contributed by atoms with van der Waals surface area (Å²) in [6.07, 6.45) is 3.33. The van der Waals surface area contributed by atoms with Crippen LogP contribution in [0, 0.1) is 6.92 Å². The van der Waals surface area contributed by atoms with Crippen LogP contribution in [-0.2, 0) is 0 Å². The topological polar surface area (TPSA) is 34.9 Å². The lowest BCUT2D eigenvalue weighted by Crippen LogP contribution is -2.17. The van der Waals surface area contributed by atoms with Crippen LogP contribution in [0.25, 0.3) is 5.82 Å². The zero-order valence-corrected chi connectivity index (χ0v) is 8.90. The fourth-order valence-electron chi connectivity index (χ4n) is 1.25. The highest BCUT2D eigenvalue weighted by molar-refractivity contribution is 6.30. The van der Waals surface area contributed by atoms with Crippen LogP contribution in [0.15, 0.2) is 41.5 Å². The van der Waals surface area contributed by atoms with Crippen molar-refractivity contribution in [2.24, 2.45) is 0 Å². The highest BCUT2D eigenvalue weighted by Gasteiger charge is 2.00. The maximum absolute atomic E-state index is 11.6. The van der Waals surface area contributed by atoms with Gasteiger partial charge in [-0.25, -0.2) is 4.98 Å². The third-order valence-electron chi connectivity index (χ3n) is 2.02. The Morgan fingerprint density at radius 1 is 1.33 bits per heavy atom. The van der Waals surface area contributed by atoms with Gasteiger partial charge in [0, 0.05) is 23.5 Å². The molecule has 0 aliphatic rings. The number of hydrogen-bond acceptors (Lipinski definition) is 2.